The Morgan fingerprint density at radius 3 is 1.68 bits per heavy atom. The van der Waals surface area contributed by atoms with E-state index in [9.17, 15) is 0 Å². The molecule has 0 unspecified atom stereocenters. The average molecular weight is 286 g/mol. The molecular formula is C20H18N2. The van der Waals surface area contributed by atoms with E-state index in [1.54, 1.807) is 0 Å². The summed E-state index contributed by atoms with van der Waals surface area (Å²) in [5.41, 5.74) is 4.68. The molecule has 1 aromatic heterocycles. The van der Waals surface area contributed by atoms with Gasteiger partial charge in [0, 0.05) is 12.4 Å². The minimum atomic E-state index is 0.111. The zero-order chi connectivity index (χ0) is 15.4. The molecule has 0 fully saturated rings. The van der Waals surface area contributed by atoms with E-state index in [2.05, 4.69) is 71.2 Å². The quantitative estimate of drug-likeness (QED) is 0.658. The molecule has 3 aromatic rings. The van der Waals surface area contributed by atoms with Crippen LogP contribution in [-0.4, -0.2) is 9.55 Å². The van der Waals surface area contributed by atoms with Gasteiger partial charge in [-0.3, -0.25) is 0 Å². The number of rotatable bonds is 5. The van der Waals surface area contributed by atoms with Crippen LogP contribution in [0.15, 0.2) is 80.4 Å². The molecule has 0 amide bonds. The molecule has 2 nitrogen and oxygen atoms in total. The van der Waals surface area contributed by atoms with Crippen molar-refractivity contribution in [3.8, 4) is 0 Å². The van der Waals surface area contributed by atoms with E-state index >= 15 is 0 Å². The van der Waals surface area contributed by atoms with E-state index < -0.39 is 0 Å². The van der Waals surface area contributed by atoms with Crippen molar-refractivity contribution >= 4 is 12.2 Å². The van der Waals surface area contributed by atoms with Crippen LogP contribution in [0.5, 0.6) is 0 Å². The Bertz CT molecular complexity index is 699. The second kappa shape index (κ2) is 6.27. The van der Waals surface area contributed by atoms with Crippen molar-refractivity contribution in [2.75, 3.05) is 0 Å². The van der Waals surface area contributed by atoms with Crippen LogP contribution in [0.1, 0.15) is 28.3 Å². The summed E-state index contributed by atoms with van der Waals surface area (Å²) >= 11 is 0. The highest BCUT2D eigenvalue weighted by Crippen LogP contribution is 2.27. The summed E-state index contributed by atoms with van der Waals surface area (Å²) in [4.78, 5) is 4.19. The normalized spacial score (nSPS) is 10.6. The molecule has 2 aromatic carbocycles. The molecule has 0 N–H and O–H groups in total. The molecule has 0 aliphatic carbocycles. The van der Waals surface area contributed by atoms with Crippen LogP contribution in [0.3, 0.4) is 0 Å². The zero-order valence-corrected chi connectivity index (χ0v) is 12.4. The Morgan fingerprint density at radius 1 is 0.818 bits per heavy atom. The Hall–Kier alpha value is -2.87. The maximum Gasteiger partial charge on any atom is 0.0954 e. The van der Waals surface area contributed by atoms with Gasteiger partial charge in [-0.1, -0.05) is 73.8 Å². The first-order valence-electron chi connectivity index (χ1n) is 7.24. The third kappa shape index (κ3) is 2.77. The van der Waals surface area contributed by atoms with Crippen LogP contribution in [-0.2, 0) is 0 Å². The largest absolute Gasteiger partial charge is 0.326 e. The van der Waals surface area contributed by atoms with Crippen LogP contribution < -0.4 is 0 Å². The lowest BCUT2D eigenvalue weighted by Gasteiger charge is -2.20. The van der Waals surface area contributed by atoms with Gasteiger partial charge in [0.05, 0.1) is 12.4 Å². The fourth-order valence-electron chi connectivity index (χ4n) is 2.59. The van der Waals surface area contributed by atoms with Crippen LogP contribution in [0, 0.1) is 0 Å². The smallest absolute Gasteiger partial charge is 0.0954 e. The number of hydrogen-bond donors (Lipinski definition) is 0. The van der Waals surface area contributed by atoms with Gasteiger partial charge in [0.25, 0.3) is 0 Å². The van der Waals surface area contributed by atoms with E-state index in [0.29, 0.717) is 0 Å². The van der Waals surface area contributed by atoms with Crippen molar-refractivity contribution < 1.29 is 0 Å². The van der Waals surface area contributed by atoms with Gasteiger partial charge < -0.3 is 4.57 Å². The number of benzene rings is 2. The number of aromatic nitrogens is 2. The predicted octanol–water partition coefficient (Wildman–Crippen LogP) is 4.81. The zero-order valence-electron chi connectivity index (χ0n) is 12.4. The van der Waals surface area contributed by atoms with Crippen molar-refractivity contribution in [3.63, 3.8) is 0 Å². The van der Waals surface area contributed by atoms with E-state index in [-0.39, 0.29) is 6.04 Å². The Balaban J connectivity index is 2.06. The van der Waals surface area contributed by atoms with Crippen molar-refractivity contribution in [1.82, 2.24) is 9.55 Å². The van der Waals surface area contributed by atoms with Crippen LogP contribution >= 0.6 is 0 Å². The fourth-order valence-corrected chi connectivity index (χ4v) is 2.59. The molecule has 2 heteroatoms. The highest BCUT2D eigenvalue weighted by atomic mass is 15.0. The summed E-state index contributed by atoms with van der Waals surface area (Å²) in [6.45, 7) is 7.62. The number of nitrogens with zero attached hydrogens (tertiary/aromatic N) is 2. The van der Waals surface area contributed by atoms with Crippen molar-refractivity contribution in [3.05, 3.63) is 103 Å². The van der Waals surface area contributed by atoms with Gasteiger partial charge in [-0.15, -0.1) is 0 Å². The molecule has 0 saturated carbocycles. The maximum absolute atomic E-state index is 4.19. The minimum absolute atomic E-state index is 0.111. The second-order valence-electron chi connectivity index (χ2n) is 5.15. The fraction of sp³-hybridized carbons (Fsp3) is 0.0500. The van der Waals surface area contributed by atoms with Crippen LogP contribution in [0.25, 0.3) is 12.2 Å². The van der Waals surface area contributed by atoms with Gasteiger partial charge in [0.2, 0.25) is 0 Å². The van der Waals surface area contributed by atoms with Gasteiger partial charge in [-0.25, -0.2) is 4.98 Å². The first-order chi connectivity index (χ1) is 10.8. The van der Waals surface area contributed by atoms with Crippen LogP contribution in [0.2, 0.25) is 0 Å². The third-order valence-corrected chi connectivity index (χ3v) is 3.80. The summed E-state index contributed by atoms with van der Waals surface area (Å²) < 4.78 is 2.12. The monoisotopic (exact) mass is 286 g/mol. The molecule has 0 aliphatic rings. The summed E-state index contributed by atoms with van der Waals surface area (Å²) in [5.74, 6) is 0. The van der Waals surface area contributed by atoms with Crippen molar-refractivity contribution in [2.45, 2.75) is 6.04 Å². The van der Waals surface area contributed by atoms with Gasteiger partial charge in [-0.05, 0) is 22.3 Å². The first kappa shape index (κ1) is 14.1. The van der Waals surface area contributed by atoms with Crippen molar-refractivity contribution in [1.29, 1.82) is 0 Å². The molecule has 0 radical (unpaired) electrons. The molecule has 0 spiro atoms. The lowest BCUT2D eigenvalue weighted by molar-refractivity contribution is 0.677. The SMILES string of the molecule is C=Cc1ccc(C(c2ccc(C=C)cc2)n2ccnc2)cc1. The highest BCUT2D eigenvalue weighted by molar-refractivity contribution is 5.50. The second-order valence-corrected chi connectivity index (χ2v) is 5.15. The predicted molar refractivity (Wildman–Crippen MR) is 92.5 cm³/mol. The molecule has 1 heterocycles. The summed E-state index contributed by atoms with van der Waals surface area (Å²) in [5, 5.41) is 0. The minimum Gasteiger partial charge on any atom is -0.326 e. The average Bonchev–Trinajstić information content (AvgIpc) is 3.10. The Kier molecular flexibility index (Phi) is 4.01. The van der Waals surface area contributed by atoms with Crippen molar-refractivity contribution in [2.24, 2.45) is 0 Å². The van der Waals surface area contributed by atoms with Crippen LogP contribution in [0.4, 0.5) is 0 Å². The summed E-state index contributed by atoms with van der Waals surface area (Å²) in [6.07, 6.45) is 9.37. The summed E-state index contributed by atoms with van der Waals surface area (Å²) in [6, 6.07) is 17.0. The molecule has 0 bridgehead atoms. The highest BCUT2D eigenvalue weighted by Gasteiger charge is 2.15. The van der Waals surface area contributed by atoms with E-state index in [1.807, 2.05) is 30.9 Å². The Labute approximate surface area is 131 Å². The lowest BCUT2D eigenvalue weighted by atomic mass is 9.96. The molecule has 3 rings (SSSR count). The maximum atomic E-state index is 4.19. The van der Waals surface area contributed by atoms with Gasteiger partial charge in [0.1, 0.15) is 0 Å². The summed E-state index contributed by atoms with van der Waals surface area (Å²) in [7, 11) is 0. The van der Waals surface area contributed by atoms with E-state index in [4.69, 9.17) is 0 Å². The Morgan fingerprint density at radius 2 is 1.32 bits per heavy atom. The molecule has 0 saturated heterocycles. The molecular weight excluding hydrogens is 268 g/mol. The number of imidazole rings is 1. The first-order valence-corrected chi connectivity index (χ1v) is 7.24. The van der Waals surface area contributed by atoms with E-state index in [0.717, 1.165) is 11.1 Å². The molecule has 108 valence electrons. The van der Waals surface area contributed by atoms with Gasteiger partial charge >= 0.3 is 0 Å². The van der Waals surface area contributed by atoms with Gasteiger partial charge in [0.15, 0.2) is 0 Å². The molecule has 0 aliphatic heterocycles. The third-order valence-electron chi connectivity index (χ3n) is 3.80. The topological polar surface area (TPSA) is 17.8 Å². The molecule has 22 heavy (non-hydrogen) atoms. The van der Waals surface area contributed by atoms with Gasteiger partial charge in [-0.2, -0.15) is 0 Å². The van der Waals surface area contributed by atoms with E-state index in [1.165, 1.54) is 11.1 Å². The lowest BCUT2D eigenvalue weighted by Crippen LogP contribution is -2.10. The standard InChI is InChI=1S/C20H18N2/c1-3-16-5-9-18(10-6-16)20(22-14-13-21-15-22)19-11-7-17(4-2)8-12-19/h3-15,20H,1-2H2. The number of hydrogen-bond acceptors (Lipinski definition) is 1. The molecule has 0 atom stereocenters.